The summed E-state index contributed by atoms with van der Waals surface area (Å²) in [5.41, 5.74) is 2.81. The Balaban J connectivity index is 1.71. The van der Waals surface area contributed by atoms with Crippen molar-refractivity contribution in [1.82, 2.24) is 29.5 Å². The van der Waals surface area contributed by atoms with Gasteiger partial charge in [-0.3, -0.25) is 9.48 Å². The molecule has 140 valence electrons. The number of aryl methyl sites for hydroxylation is 1. The second kappa shape index (κ2) is 7.07. The van der Waals surface area contributed by atoms with Gasteiger partial charge in [-0.05, 0) is 11.6 Å². The molecule has 0 aliphatic rings. The summed E-state index contributed by atoms with van der Waals surface area (Å²) in [6, 6.07) is 9.16. The minimum atomic E-state index is -0.228. The van der Waals surface area contributed by atoms with Gasteiger partial charge in [0.15, 0.2) is 11.6 Å². The van der Waals surface area contributed by atoms with Gasteiger partial charge in [0.1, 0.15) is 11.4 Å². The van der Waals surface area contributed by atoms with E-state index >= 15 is 0 Å². The van der Waals surface area contributed by atoms with E-state index in [0.29, 0.717) is 11.5 Å². The number of rotatable bonds is 4. The Bertz CT molecular complexity index is 1180. The first-order chi connectivity index (χ1) is 13.5. The van der Waals surface area contributed by atoms with Crippen LogP contribution in [-0.4, -0.2) is 34.6 Å². The smallest absolute Gasteiger partial charge is 0.203 e. The SMILES string of the molecule is CC(c1cccc(-c2ncc(O)cn2)c1)c1nn(-c2cnn(C)c2)ccc1=O. The van der Waals surface area contributed by atoms with E-state index in [2.05, 4.69) is 20.2 Å². The van der Waals surface area contributed by atoms with Crippen molar-refractivity contribution in [3.8, 4) is 22.8 Å². The fourth-order valence-electron chi connectivity index (χ4n) is 2.97. The lowest BCUT2D eigenvalue weighted by molar-refractivity contribution is 0.470. The molecule has 0 aliphatic heterocycles. The van der Waals surface area contributed by atoms with E-state index in [4.69, 9.17) is 0 Å². The summed E-state index contributed by atoms with van der Waals surface area (Å²) < 4.78 is 3.33. The van der Waals surface area contributed by atoms with Gasteiger partial charge in [-0.2, -0.15) is 10.2 Å². The van der Waals surface area contributed by atoms with Gasteiger partial charge in [0.05, 0.1) is 24.8 Å². The topological polar surface area (TPSA) is 98.7 Å². The lowest BCUT2D eigenvalue weighted by Crippen LogP contribution is -2.18. The molecule has 0 radical (unpaired) electrons. The van der Waals surface area contributed by atoms with Crippen molar-refractivity contribution >= 4 is 0 Å². The van der Waals surface area contributed by atoms with E-state index in [0.717, 1.165) is 16.8 Å². The van der Waals surface area contributed by atoms with Gasteiger partial charge in [-0.25, -0.2) is 14.6 Å². The van der Waals surface area contributed by atoms with Crippen LogP contribution in [-0.2, 0) is 7.05 Å². The van der Waals surface area contributed by atoms with Crippen LogP contribution in [0.1, 0.15) is 24.1 Å². The number of benzene rings is 1. The molecule has 8 nitrogen and oxygen atoms in total. The van der Waals surface area contributed by atoms with Gasteiger partial charge >= 0.3 is 0 Å². The molecule has 0 saturated carbocycles. The molecule has 1 atom stereocenters. The van der Waals surface area contributed by atoms with Crippen molar-refractivity contribution in [2.45, 2.75) is 12.8 Å². The molecule has 3 heterocycles. The molecule has 28 heavy (non-hydrogen) atoms. The minimum Gasteiger partial charge on any atom is -0.505 e. The monoisotopic (exact) mass is 374 g/mol. The Morgan fingerprint density at radius 3 is 2.61 bits per heavy atom. The van der Waals surface area contributed by atoms with Gasteiger partial charge < -0.3 is 5.11 Å². The van der Waals surface area contributed by atoms with Crippen molar-refractivity contribution in [3.05, 3.63) is 82.8 Å². The molecule has 0 saturated heterocycles. The van der Waals surface area contributed by atoms with Gasteiger partial charge in [0, 0.05) is 30.8 Å². The van der Waals surface area contributed by atoms with Crippen LogP contribution in [0, 0.1) is 0 Å². The Hall–Kier alpha value is -3.81. The van der Waals surface area contributed by atoms with Crippen molar-refractivity contribution in [2.24, 2.45) is 7.05 Å². The van der Waals surface area contributed by atoms with Crippen LogP contribution in [0.3, 0.4) is 0 Å². The molecular formula is C20H18N6O2. The van der Waals surface area contributed by atoms with Gasteiger partial charge in [-0.15, -0.1) is 0 Å². The Kier molecular flexibility index (Phi) is 4.44. The minimum absolute atomic E-state index is 0.0118. The molecule has 0 fully saturated rings. The quantitative estimate of drug-likeness (QED) is 0.588. The van der Waals surface area contributed by atoms with Crippen molar-refractivity contribution in [2.75, 3.05) is 0 Å². The highest BCUT2D eigenvalue weighted by Crippen LogP contribution is 2.25. The Morgan fingerprint density at radius 1 is 1.11 bits per heavy atom. The number of aromatic nitrogens is 6. The third-order valence-corrected chi connectivity index (χ3v) is 4.48. The van der Waals surface area contributed by atoms with Crippen LogP contribution < -0.4 is 5.43 Å². The summed E-state index contributed by atoms with van der Waals surface area (Å²) in [5.74, 6) is 0.284. The molecule has 0 aliphatic carbocycles. The van der Waals surface area contributed by atoms with E-state index in [-0.39, 0.29) is 17.1 Å². The molecule has 3 aromatic heterocycles. The first-order valence-corrected chi connectivity index (χ1v) is 8.71. The van der Waals surface area contributed by atoms with Gasteiger partial charge in [-0.1, -0.05) is 25.1 Å². The van der Waals surface area contributed by atoms with Crippen LogP contribution in [0.15, 0.2) is 66.1 Å². The van der Waals surface area contributed by atoms with Crippen LogP contribution in [0.5, 0.6) is 5.75 Å². The average Bonchev–Trinajstić information content (AvgIpc) is 3.15. The van der Waals surface area contributed by atoms with Crippen LogP contribution in [0.25, 0.3) is 17.1 Å². The first-order valence-electron chi connectivity index (χ1n) is 8.71. The summed E-state index contributed by atoms with van der Waals surface area (Å²) in [5, 5.41) is 18.0. The standard InChI is InChI=1S/C20H18N6O2/c1-13(14-4-3-5-15(8-14)20-21-10-17(27)11-22-20)19-18(28)6-7-26(24-19)16-9-23-25(2)12-16/h3-13,27H,1-2H3. The Morgan fingerprint density at radius 2 is 1.89 bits per heavy atom. The maximum absolute atomic E-state index is 12.5. The average molecular weight is 374 g/mol. The summed E-state index contributed by atoms with van der Waals surface area (Å²) >= 11 is 0. The number of hydrogen-bond donors (Lipinski definition) is 1. The molecule has 0 amide bonds. The Labute approximate surface area is 160 Å². The van der Waals surface area contributed by atoms with Crippen LogP contribution in [0.2, 0.25) is 0 Å². The number of hydrogen-bond acceptors (Lipinski definition) is 6. The lowest BCUT2D eigenvalue weighted by Gasteiger charge is -2.13. The highest BCUT2D eigenvalue weighted by atomic mass is 16.3. The van der Waals surface area contributed by atoms with E-state index in [1.165, 1.54) is 18.5 Å². The molecule has 4 rings (SSSR count). The zero-order chi connectivity index (χ0) is 19.7. The third-order valence-electron chi connectivity index (χ3n) is 4.48. The first kappa shape index (κ1) is 17.6. The van der Waals surface area contributed by atoms with Crippen molar-refractivity contribution in [1.29, 1.82) is 0 Å². The normalized spacial score (nSPS) is 12.1. The molecule has 4 aromatic rings. The maximum atomic E-state index is 12.5. The predicted octanol–water partition coefficient (Wildman–Crippen LogP) is 2.28. The van der Waals surface area contributed by atoms with Gasteiger partial charge in [0.25, 0.3) is 0 Å². The molecule has 1 N–H and O–H groups in total. The van der Waals surface area contributed by atoms with Gasteiger partial charge in [0.2, 0.25) is 5.43 Å². The summed E-state index contributed by atoms with van der Waals surface area (Å²) in [6.45, 7) is 1.94. The second-order valence-corrected chi connectivity index (χ2v) is 6.49. The van der Waals surface area contributed by atoms with E-state index in [9.17, 15) is 9.90 Å². The molecule has 0 bridgehead atoms. The second-order valence-electron chi connectivity index (χ2n) is 6.49. The summed E-state index contributed by atoms with van der Waals surface area (Å²) in [6.07, 6.45) is 7.85. The zero-order valence-electron chi connectivity index (χ0n) is 15.4. The fourth-order valence-corrected chi connectivity index (χ4v) is 2.97. The number of nitrogens with zero attached hydrogens (tertiary/aromatic N) is 6. The lowest BCUT2D eigenvalue weighted by atomic mass is 9.95. The maximum Gasteiger partial charge on any atom is 0.203 e. The largest absolute Gasteiger partial charge is 0.505 e. The molecular weight excluding hydrogens is 356 g/mol. The third kappa shape index (κ3) is 3.39. The summed E-state index contributed by atoms with van der Waals surface area (Å²) in [7, 11) is 1.83. The summed E-state index contributed by atoms with van der Waals surface area (Å²) in [4.78, 5) is 20.8. The van der Waals surface area contributed by atoms with Crippen LogP contribution in [0.4, 0.5) is 0 Å². The van der Waals surface area contributed by atoms with E-state index < -0.39 is 0 Å². The molecule has 1 unspecified atom stereocenters. The molecule has 1 aromatic carbocycles. The van der Waals surface area contributed by atoms with E-state index in [1.807, 2.05) is 44.4 Å². The fraction of sp³-hybridized carbons (Fsp3) is 0.150. The highest BCUT2D eigenvalue weighted by Gasteiger charge is 2.16. The van der Waals surface area contributed by atoms with E-state index in [1.54, 1.807) is 21.8 Å². The van der Waals surface area contributed by atoms with Crippen LogP contribution >= 0.6 is 0 Å². The van der Waals surface area contributed by atoms with Crippen molar-refractivity contribution in [3.63, 3.8) is 0 Å². The highest BCUT2D eigenvalue weighted by molar-refractivity contribution is 5.56. The number of aromatic hydroxyl groups is 1. The molecule has 0 spiro atoms. The molecule has 8 heteroatoms. The van der Waals surface area contributed by atoms with Crippen molar-refractivity contribution < 1.29 is 5.11 Å². The zero-order valence-corrected chi connectivity index (χ0v) is 15.4. The predicted molar refractivity (Wildman–Crippen MR) is 103 cm³/mol.